The molecular weight excluding hydrogens is 553 g/mol. The Balaban J connectivity index is 1.49. The molecule has 2 aromatic rings. The van der Waals surface area contributed by atoms with E-state index < -0.39 is 29.7 Å². The third-order valence-electron chi connectivity index (χ3n) is 8.02. The van der Waals surface area contributed by atoms with E-state index in [0.717, 1.165) is 11.3 Å². The largest absolute Gasteiger partial charge is 0.493 e. The van der Waals surface area contributed by atoms with Crippen molar-refractivity contribution in [3.05, 3.63) is 53.6 Å². The van der Waals surface area contributed by atoms with Crippen molar-refractivity contribution in [2.24, 2.45) is 11.3 Å². The Kier molecular flexibility index (Phi) is 9.91. The molecule has 1 amide bonds. The first-order valence-corrected chi connectivity index (χ1v) is 14.2. The van der Waals surface area contributed by atoms with Crippen molar-refractivity contribution < 1.29 is 41.7 Å². The number of carbonyl (C=O) groups excluding carboxylic acids is 2. The third-order valence-corrected chi connectivity index (χ3v) is 8.02. The van der Waals surface area contributed by atoms with E-state index in [1.165, 1.54) is 19.1 Å². The number of para-hydroxylation sites is 1. The first kappa shape index (κ1) is 31.5. The monoisotopic (exact) mass is 592 g/mol. The zero-order valence-electron chi connectivity index (χ0n) is 24.5. The molecule has 1 unspecified atom stereocenters. The standard InChI is InChI=1S/C31H39F3N2O6/c1-21(2)20-41-24-8-6-5-7-23(24)19-35-14-11-30(12-15-35)13-16-36(28(30)42-29(38)31(32,33)34)27(37)18-22-9-10-25(39-3)26(17-22)40-4/h5-10,17,21,28H,11-16,18-20H2,1-4H3. The minimum Gasteiger partial charge on any atom is -0.493 e. The van der Waals surface area contributed by atoms with Gasteiger partial charge in [0.1, 0.15) is 5.75 Å². The van der Waals surface area contributed by atoms with Gasteiger partial charge >= 0.3 is 12.1 Å². The number of piperidine rings is 1. The highest BCUT2D eigenvalue weighted by atomic mass is 19.4. The Hall–Kier alpha value is -3.47. The summed E-state index contributed by atoms with van der Waals surface area (Å²) in [5.74, 6) is -0.578. The summed E-state index contributed by atoms with van der Waals surface area (Å²) in [4.78, 5) is 29.0. The fourth-order valence-corrected chi connectivity index (χ4v) is 5.72. The van der Waals surface area contributed by atoms with Crippen LogP contribution in [0, 0.1) is 11.3 Å². The van der Waals surface area contributed by atoms with Gasteiger partial charge in [-0.25, -0.2) is 4.79 Å². The van der Waals surface area contributed by atoms with Crippen LogP contribution in [0.25, 0.3) is 0 Å². The average molecular weight is 593 g/mol. The number of hydrogen-bond donors (Lipinski definition) is 0. The molecule has 2 fully saturated rings. The molecule has 0 N–H and O–H groups in total. The molecular formula is C31H39F3N2O6. The number of benzene rings is 2. The Labute approximate surface area is 244 Å². The van der Waals surface area contributed by atoms with E-state index in [0.29, 0.717) is 68.5 Å². The van der Waals surface area contributed by atoms with Crippen LogP contribution in [0.2, 0.25) is 0 Å². The lowest BCUT2D eigenvalue weighted by Gasteiger charge is -2.43. The lowest BCUT2D eigenvalue weighted by Crippen LogP contribution is -2.51. The molecule has 1 spiro atoms. The molecule has 8 nitrogen and oxygen atoms in total. The number of nitrogens with zero attached hydrogens (tertiary/aromatic N) is 2. The lowest BCUT2D eigenvalue weighted by molar-refractivity contribution is -0.219. The van der Waals surface area contributed by atoms with Gasteiger partial charge in [0.15, 0.2) is 17.7 Å². The van der Waals surface area contributed by atoms with Crippen molar-refractivity contribution in [1.82, 2.24) is 9.80 Å². The highest BCUT2D eigenvalue weighted by molar-refractivity contribution is 5.81. The van der Waals surface area contributed by atoms with Gasteiger partial charge in [0.05, 0.1) is 27.2 Å². The molecule has 0 radical (unpaired) electrons. The van der Waals surface area contributed by atoms with Crippen LogP contribution in [0.3, 0.4) is 0 Å². The zero-order chi connectivity index (χ0) is 30.5. The van der Waals surface area contributed by atoms with E-state index in [4.69, 9.17) is 18.9 Å². The second-order valence-electron chi connectivity index (χ2n) is 11.4. The van der Waals surface area contributed by atoms with E-state index in [2.05, 4.69) is 18.7 Å². The van der Waals surface area contributed by atoms with Gasteiger partial charge in [-0.15, -0.1) is 0 Å². The summed E-state index contributed by atoms with van der Waals surface area (Å²) in [5.41, 5.74) is 0.873. The van der Waals surface area contributed by atoms with Crippen LogP contribution in [-0.2, 0) is 27.3 Å². The normalized spacial score (nSPS) is 18.8. The predicted octanol–water partition coefficient (Wildman–Crippen LogP) is 5.23. The second kappa shape index (κ2) is 13.2. The van der Waals surface area contributed by atoms with E-state index in [-0.39, 0.29) is 13.0 Å². The quantitative estimate of drug-likeness (QED) is 0.350. The van der Waals surface area contributed by atoms with E-state index in [9.17, 15) is 22.8 Å². The molecule has 11 heteroatoms. The van der Waals surface area contributed by atoms with E-state index in [1.54, 1.807) is 18.2 Å². The third kappa shape index (κ3) is 7.29. The van der Waals surface area contributed by atoms with Crippen LogP contribution in [0.1, 0.15) is 44.2 Å². The number of rotatable bonds is 10. The van der Waals surface area contributed by atoms with Crippen LogP contribution in [0.5, 0.6) is 17.2 Å². The fourth-order valence-electron chi connectivity index (χ4n) is 5.72. The highest BCUT2D eigenvalue weighted by Crippen LogP contribution is 2.47. The zero-order valence-corrected chi connectivity index (χ0v) is 24.5. The molecule has 1 atom stereocenters. The number of alkyl halides is 3. The first-order valence-electron chi connectivity index (χ1n) is 14.2. The maximum Gasteiger partial charge on any atom is 0.491 e. The molecule has 2 aliphatic rings. The number of halogens is 3. The van der Waals surface area contributed by atoms with Crippen molar-refractivity contribution in [1.29, 1.82) is 0 Å². The van der Waals surface area contributed by atoms with Gasteiger partial charge in [0, 0.05) is 24.1 Å². The molecule has 0 bridgehead atoms. The number of methoxy groups -OCH3 is 2. The Bertz CT molecular complexity index is 1240. The molecule has 2 aromatic carbocycles. The SMILES string of the molecule is COc1ccc(CC(=O)N2CCC3(CCN(Cc4ccccc4OCC(C)C)CC3)C2OC(=O)C(F)(F)F)cc1OC. The summed E-state index contributed by atoms with van der Waals surface area (Å²) >= 11 is 0. The molecule has 2 heterocycles. The van der Waals surface area contributed by atoms with Crippen molar-refractivity contribution >= 4 is 11.9 Å². The van der Waals surface area contributed by atoms with Crippen molar-refractivity contribution in [2.45, 2.75) is 58.5 Å². The van der Waals surface area contributed by atoms with E-state index in [1.807, 2.05) is 24.3 Å². The van der Waals surface area contributed by atoms with Gasteiger partial charge in [-0.3, -0.25) is 9.69 Å². The van der Waals surface area contributed by atoms with Crippen LogP contribution in [-0.4, -0.2) is 74.5 Å². The predicted molar refractivity (Wildman–Crippen MR) is 149 cm³/mol. The summed E-state index contributed by atoms with van der Waals surface area (Å²) in [6, 6.07) is 12.8. The smallest absolute Gasteiger partial charge is 0.491 e. The highest BCUT2D eigenvalue weighted by Gasteiger charge is 2.55. The Morgan fingerprint density at radius 3 is 2.26 bits per heavy atom. The number of hydrogen-bond acceptors (Lipinski definition) is 7. The maximum absolute atomic E-state index is 13.4. The molecule has 0 aromatic heterocycles. The number of esters is 1. The first-order chi connectivity index (χ1) is 20.0. The van der Waals surface area contributed by atoms with Gasteiger partial charge in [-0.05, 0) is 62.0 Å². The van der Waals surface area contributed by atoms with Gasteiger partial charge in [0.2, 0.25) is 5.91 Å². The maximum atomic E-state index is 13.4. The summed E-state index contributed by atoms with van der Waals surface area (Å²) in [6.45, 7) is 6.75. The number of likely N-dealkylation sites (tertiary alicyclic amines) is 2. The minimum absolute atomic E-state index is 0.0875. The Morgan fingerprint density at radius 2 is 1.62 bits per heavy atom. The molecule has 4 rings (SSSR count). The van der Waals surface area contributed by atoms with Gasteiger partial charge in [-0.1, -0.05) is 38.1 Å². The summed E-state index contributed by atoms with van der Waals surface area (Å²) < 4.78 is 61.6. The van der Waals surface area contributed by atoms with Crippen molar-refractivity contribution in [3.8, 4) is 17.2 Å². The molecule has 230 valence electrons. The molecule has 2 aliphatic heterocycles. The molecule has 0 saturated carbocycles. The number of amides is 1. The van der Waals surface area contributed by atoms with Crippen LogP contribution >= 0.6 is 0 Å². The molecule has 2 saturated heterocycles. The topological polar surface area (TPSA) is 77.5 Å². The van der Waals surface area contributed by atoms with Crippen LogP contribution in [0.4, 0.5) is 13.2 Å². The molecule has 0 aliphatic carbocycles. The average Bonchev–Trinajstić information content (AvgIpc) is 3.30. The van der Waals surface area contributed by atoms with E-state index >= 15 is 0 Å². The number of carbonyl (C=O) groups is 2. The summed E-state index contributed by atoms with van der Waals surface area (Å²) in [5, 5.41) is 0. The van der Waals surface area contributed by atoms with Gasteiger partial charge in [0.25, 0.3) is 0 Å². The summed E-state index contributed by atoms with van der Waals surface area (Å²) in [6.07, 6.45) is -5.14. The second-order valence-corrected chi connectivity index (χ2v) is 11.4. The van der Waals surface area contributed by atoms with Gasteiger partial charge < -0.3 is 23.8 Å². The van der Waals surface area contributed by atoms with Gasteiger partial charge in [-0.2, -0.15) is 13.2 Å². The fraction of sp³-hybridized carbons (Fsp3) is 0.548. The van der Waals surface area contributed by atoms with Crippen LogP contribution in [0.15, 0.2) is 42.5 Å². The van der Waals surface area contributed by atoms with Crippen molar-refractivity contribution in [2.75, 3.05) is 40.5 Å². The van der Waals surface area contributed by atoms with Crippen molar-refractivity contribution in [3.63, 3.8) is 0 Å². The molecule has 42 heavy (non-hydrogen) atoms. The summed E-state index contributed by atoms with van der Waals surface area (Å²) in [7, 11) is 2.97. The van der Waals surface area contributed by atoms with Crippen LogP contribution < -0.4 is 14.2 Å². The number of ether oxygens (including phenoxy) is 4. The Morgan fingerprint density at radius 1 is 0.952 bits per heavy atom. The lowest BCUT2D eigenvalue weighted by atomic mass is 9.76. The minimum atomic E-state index is -5.16.